The fourth-order valence-corrected chi connectivity index (χ4v) is 4.03. The lowest BCUT2D eigenvalue weighted by Crippen LogP contribution is -2.39. The summed E-state index contributed by atoms with van der Waals surface area (Å²) in [6.07, 6.45) is 9.73. The van der Waals surface area contributed by atoms with E-state index in [-0.39, 0.29) is 0 Å². The van der Waals surface area contributed by atoms with Gasteiger partial charge in [-0.3, -0.25) is 4.99 Å². The number of hydrogen-bond acceptors (Lipinski definition) is 4. The first-order valence-corrected chi connectivity index (χ1v) is 11.9. The van der Waals surface area contributed by atoms with Gasteiger partial charge in [0.1, 0.15) is 0 Å². The van der Waals surface area contributed by atoms with Crippen LogP contribution in [0.1, 0.15) is 58.8 Å². The van der Waals surface area contributed by atoms with Crippen LogP contribution in [0.15, 0.2) is 4.99 Å². The molecule has 0 saturated heterocycles. The first kappa shape index (κ1) is 23.2. The zero-order chi connectivity index (χ0) is 19.3. The number of hydrogen-bond donors (Lipinski definition) is 2. The summed E-state index contributed by atoms with van der Waals surface area (Å²) in [4.78, 5) is 4.56. The van der Waals surface area contributed by atoms with Gasteiger partial charge in [0.05, 0.1) is 12.4 Å². The molecular formula is C18H38N4O3S. The fraction of sp³-hybridized carbons (Fsp3) is 0.944. The molecule has 0 heterocycles. The molecule has 0 bridgehead atoms. The zero-order valence-corrected chi connectivity index (χ0v) is 17.6. The number of sulfonamides is 1. The number of nitrogens with one attached hydrogen (secondary N) is 2. The summed E-state index contributed by atoms with van der Waals surface area (Å²) in [6.45, 7) is 7.91. The molecule has 1 fully saturated rings. The van der Waals surface area contributed by atoms with Crippen molar-refractivity contribution in [3.63, 3.8) is 0 Å². The molecule has 0 aromatic heterocycles. The third-order valence-electron chi connectivity index (χ3n) is 4.52. The van der Waals surface area contributed by atoms with Gasteiger partial charge in [0, 0.05) is 39.3 Å². The summed E-state index contributed by atoms with van der Waals surface area (Å²) >= 11 is 0. The molecule has 0 amide bonds. The zero-order valence-electron chi connectivity index (χ0n) is 16.8. The van der Waals surface area contributed by atoms with Gasteiger partial charge in [0.25, 0.3) is 0 Å². The van der Waals surface area contributed by atoms with Crippen LogP contribution in [0.25, 0.3) is 0 Å². The topological polar surface area (TPSA) is 83.0 Å². The molecular weight excluding hydrogens is 352 g/mol. The van der Waals surface area contributed by atoms with Gasteiger partial charge in [-0.05, 0) is 32.6 Å². The maximum atomic E-state index is 11.6. The average Bonchev–Trinajstić information content (AvgIpc) is 2.61. The summed E-state index contributed by atoms with van der Waals surface area (Å²) in [5.74, 6) is 0.785. The van der Waals surface area contributed by atoms with E-state index in [0.717, 1.165) is 38.5 Å². The van der Waals surface area contributed by atoms with E-state index < -0.39 is 10.0 Å². The number of aliphatic imine (C=N–C) groups is 1. The lowest BCUT2D eigenvalue weighted by Gasteiger charge is -2.21. The van der Waals surface area contributed by atoms with Crippen LogP contribution in [-0.2, 0) is 14.8 Å². The largest absolute Gasteiger partial charge is 0.378 e. The van der Waals surface area contributed by atoms with E-state index in [9.17, 15) is 8.42 Å². The second kappa shape index (κ2) is 13.3. The second-order valence-electron chi connectivity index (χ2n) is 6.78. The summed E-state index contributed by atoms with van der Waals surface area (Å²) in [7, 11) is -3.11. The third-order valence-corrected chi connectivity index (χ3v) is 5.90. The molecule has 0 atom stereocenters. The minimum Gasteiger partial charge on any atom is -0.378 e. The van der Waals surface area contributed by atoms with E-state index in [1.165, 1.54) is 42.7 Å². The van der Waals surface area contributed by atoms with Crippen molar-refractivity contribution >= 4 is 16.0 Å². The van der Waals surface area contributed by atoms with E-state index in [2.05, 4.69) is 15.6 Å². The van der Waals surface area contributed by atoms with Gasteiger partial charge < -0.3 is 15.4 Å². The number of ether oxygens (including phenoxy) is 1. The van der Waals surface area contributed by atoms with Crippen LogP contribution in [0, 0.1) is 0 Å². The van der Waals surface area contributed by atoms with Crippen molar-refractivity contribution in [3.05, 3.63) is 0 Å². The molecule has 7 nitrogen and oxygen atoms in total. The molecule has 0 aromatic rings. The van der Waals surface area contributed by atoms with Crippen molar-refractivity contribution in [2.75, 3.05) is 45.6 Å². The van der Waals surface area contributed by atoms with Gasteiger partial charge in [-0.1, -0.05) is 26.2 Å². The Morgan fingerprint density at radius 1 is 1.15 bits per heavy atom. The molecule has 0 unspecified atom stereocenters. The number of guanidine groups is 1. The molecule has 1 rings (SSSR count). The van der Waals surface area contributed by atoms with Gasteiger partial charge >= 0.3 is 0 Å². The quantitative estimate of drug-likeness (QED) is 0.302. The minimum atomic E-state index is -3.11. The van der Waals surface area contributed by atoms with Crippen molar-refractivity contribution in [3.8, 4) is 0 Å². The Morgan fingerprint density at radius 3 is 2.50 bits per heavy atom. The summed E-state index contributed by atoms with van der Waals surface area (Å²) in [5, 5.41) is 6.49. The first-order chi connectivity index (χ1) is 12.5. The molecule has 26 heavy (non-hydrogen) atoms. The van der Waals surface area contributed by atoms with E-state index in [1.54, 1.807) is 0 Å². The molecule has 0 spiro atoms. The Bertz CT molecular complexity index is 491. The van der Waals surface area contributed by atoms with E-state index in [0.29, 0.717) is 25.7 Å². The first-order valence-electron chi connectivity index (χ1n) is 10.1. The Hall–Kier alpha value is -0.860. The Labute approximate surface area is 160 Å². The second-order valence-corrected chi connectivity index (χ2v) is 8.76. The minimum absolute atomic E-state index is 0.454. The van der Waals surface area contributed by atoms with Crippen LogP contribution in [-0.4, -0.2) is 70.4 Å². The SMILES string of the molecule is CCNC(=NCCCOC1CCCCC1)NCCCN(CC)S(C)(=O)=O. The molecule has 0 radical (unpaired) electrons. The molecule has 1 aliphatic carbocycles. The Balaban J connectivity index is 2.21. The van der Waals surface area contributed by atoms with Crippen molar-refractivity contribution in [1.29, 1.82) is 0 Å². The standard InChI is InChI=1S/C18H38N4O3S/c1-4-19-18(20-13-9-15-22(5-2)26(3,23)24)21-14-10-16-25-17-11-7-6-8-12-17/h17H,4-16H2,1-3H3,(H2,19,20,21). The molecule has 2 N–H and O–H groups in total. The molecule has 1 saturated carbocycles. The van der Waals surface area contributed by atoms with Gasteiger partial charge in [0.15, 0.2) is 5.96 Å². The van der Waals surface area contributed by atoms with Crippen LogP contribution in [0.2, 0.25) is 0 Å². The lowest BCUT2D eigenvalue weighted by molar-refractivity contribution is 0.0281. The van der Waals surface area contributed by atoms with Gasteiger partial charge in [0.2, 0.25) is 10.0 Å². The van der Waals surface area contributed by atoms with Gasteiger partial charge in [-0.15, -0.1) is 0 Å². The molecule has 1 aliphatic rings. The van der Waals surface area contributed by atoms with Crippen LogP contribution >= 0.6 is 0 Å². The highest BCUT2D eigenvalue weighted by Crippen LogP contribution is 2.20. The average molecular weight is 391 g/mol. The number of rotatable bonds is 12. The molecule has 8 heteroatoms. The Kier molecular flexibility index (Phi) is 11.9. The molecule has 154 valence electrons. The van der Waals surface area contributed by atoms with E-state index in [1.807, 2.05) is 13.8 Å². The third kappa shape index (κ3) is 10.3. The van der Waals surface area contributed by atoms with Crippen LogP contribution in [0.5, 0.6) is 0 Å². The fourth-order valence-electron chi connectivity index (χ4n) is 3.10. The Morgan fingerprint density at radius 2 is 1.88 bits per heavy atom. The number of nitrogens with zero attached hydrogens (tertiary/aromatic N) is 2. The van der Waals surface area contributed by atoms with Gasteiger partial charge in [-0.25, -0.2) is 12.7 Å². The predicted octanol–water partition coefficient (Wildman–Crippen LogP) is 1.95. The van der Waals surface area contributed by atoms with Crippen molar-refractivity contribution in [2.24, 2.45) is 4.99 Å². The summed E-state index contributed by atoms with van der Waals surface area (Å²) in [5.41, 5.74) is 0. The van der Waals surface area contributed by atoms with Crippen molar-refractivity contribution in [2.45, 2.75) is 64.9 Å². The normalized spacial score (nSPS) is 16.8. The smallest absolute Gasteiger partial charge is 0.211 e. The lowest BCUT2D eigenvalue weighted by atomic mass is 9.98. The maximum absolute atomic E-state index is 11.6. The highest BCUT2D eigenvalue weighted by atomic mass is 32.2. The highest BCUT2D eigenvalue weighted by molar-refractivity contribution is 7.88. The monoisotopic (exact) mass is 390 g/mol. The van der Waals surface area contributed by atoms with Crippen LogP contribution < -0.4 is 10.6 Å². The van der Waals surface area contributed by atoms with E-state index in [4.69, 9.17) is 4.74 Å². The maximum Gasteiger partial charge on any atom is 0.211 e. The van der Waals surface area contributed by atoms with Crippen molar-refractivity contribution < 1.29 is 13.2 Å². The summed E-state index contributed by atoms with van der Waals surface area (Å²) < 4.78 is 30.5. The van der Waals surface area contributed by atoms with Gasteiger partial charge in [-0.2, -0.15) is 0 Å². The van der Waals surface area contributed by atoms with Crippen molar-refractivity contribution in [1.82, 2.24) is 14.9 Å². The molecule has 0 aromatic carbocycles. The summed E-state index contributed by atoms with van der Waals surface area (Å²) in [6, 6.07) is 0. The predicted molar refractivity (Wildman–Crippen MR) is 108 cm³/mol. The van der Waals surface area contributed by atoms with E-state index >= 15 is 0 Å². The van der Waals surface area contributed by atoms with Crippen LogP contribution in [0.3, 0.4) is 0 Å². The molecule has 0 aliphatic heterocycles. The highest BCUT2D eigenvalue weighted by Gasteiger charge is 2.14. The van der Waals surface area contributed by atoms with Crippen LogP contribution in [0.4, 0.5) is 0 Å².